The zero-order valence-electron chi connectivity index (χ0n) is 29.9. The molecular formula is C52H34N2O. The molecule has 9 aromatic carbocycles. The molecular weight excluding hydrogens is 669 g/mol. The maximum absolute atomic E-state index is 6.67. The molecule has 0 radical (unpaired) electrons. The van der Waals surface area contributed by atoms with Crippen molar-refractivity contribution in [2.75, 3.05) is 4.90 Å². The molecule has 0 saturated carbocycles. The Kier molecular flexibility index (Phi) is 7.17. The predicted octanol–water partition coefficient (Wildman–Crippen LogP) is 14.6. The summed E-state index contributed by atoms with van der Waals surface area (Å²) in [5.41, 5.74) is 13.1. The van der Waals surface area contributed by atoms with Gasteiger partial charge >= 0.3 is 0 Å². The molecule has 0 atom stereocenters. The van der Waals surface area contributed by atoms with Crippen LogP contribution in [-0.4, -0.2) is 4.57 Å². The summed E-state index contributed by atoms with van der Waals surface area (Å²) in [7, 11) is 0. The van der Waals surface area contributed by atoms with Gasteiger partial charge in [0, 0.05) is 49.6 Å². The molecule has 0 N–H and O–H groups in total. The van der Waals surface area contributed by atoms with E-state index in [1.165, 1.54) is 32.8 Å². The Morgan fingerprint density at radius 1 is 0.400 bits per heavy atom. The van der Waals surface area contributed by atoms with E-state index in [4.69, 9.17) is 4.42 Å². The van der Waals surface area contributed by atoms with E-state index in [9.17, 15) is 0 Å². The van der Waals surface area contributed by atoms with Gasteiger partial charge in [-0.05, 0) is 82.7 Å². The van der Waals surface area contributed by atoms with Gasteiger partial charge in [-0.2, -0.15) is 0 Å². The van der Waals surface area contributed by atoms with Gasteiger partial charge in [0.2, 0.25) is 0 Å². The third-order valence-corrected chi connectivity index (χ3v) is 11.0. The molecule has 258 valence electrons. The second-order valence-electron chi connectivity index (χ2n) is 14.1. The van der Waals surface area contributed by atoms with E-state index in [1.807, 2.05) is 0 Å². The average Bonchev–Trinajstić information content (AvgIpc) is 3.81. The predicted molar refractivity (Wildman–Crippen MR) is 231 cm³/mol. The lowest BCUT2D eigenvalue weighted by atomic mass is 9.96. The van der Waals surface area contributed by atoms with Crippen LogP contribution in [0.15, 0.2) is 211 Å². The Balaban J connectivity index is 1.16. The molecule has 0 aliphatic rings. The van der Waals surface area contributed by atoms with Crippen molar-refractivity contribution in [1.82, 2.24) is 4.57 Å². The number of nitrogens with zero attached hydrogens (tertiary/aromatic N) is 2. The lowest BCUT2D eigenvalue weighted by Crippen LogP contribution is -2.12. The minimum absolute atomic E-state index is 0.879. The van der Waals surface area contributed by atoms with E-state index in [0.717, 1.165) is 66.8 Å². The molecule has 0 saturated heterocycles. The molecule has 3 heteroatoms. The van der Waals surface area contributed by atoms with E-state index in [0.29, 0.717) is 0 Å². The zero-order valence-corrected chi connectivity index (χ0v) is 29.9. The van der Waals surface area contributed by atoms with Crippen molar-refractivity contribution in [3.8, 4) is 27.9 Å². The number of aromatic nitrogens is 1. The number of anilines is 3. The maximum atomic E-state index is 6.67. The van der Waals surface area contributed by atoms with Crippen LogP contribution >= 0.6 is 0 Å². The smallest absolute Gasteiger partial charge is 0.143 e. The van der Waals surface area contributed by atoms with Gasteiger partial charge in [0.1, 0.15) is 11.2 Å². The molecule has 0 amide bonds. The van der Waals surface area contributed by atoms with Gasteiger partial charge in [0.15, 0.2) is 0 Å². The first-order chi connectivity index (χ1) is 27.3. The molecule has 0 aliphatic heterocycles. The molecule has 11 rings (SSSR count). The molecule has 0 spiro atoms. The Labute approximate surface area is 318 Å². The minimum atomic E-state index is 0.879. The van der Waals surface area contributed by atoms with Crippen LogP contribution in [0.1, 0.15) is 0 Å². The summed E-state index contributed by atoms with van der Waals surface area (Å²) in [5.74, 6) is 0. The number of benzene rings is 9. The fraction of sp³-hybridized carbons (Fsp3) is 0. The summed E-state index contributed by atoms with van der Waals surface area (Å²) >= 11 is 0. The number of rotatable bonds is 6. The van der Waals surface area contributed by atoms with E-state index < -0.39 is 0 Å². The third kappa shape index (κ3) is 5.05. The standard InChI is InChI=1S/C52H34N2O/c1-2-15-35(16-3-1)37-18-12-19-38(33-37)53(39-20-13-21-40(34-39)54-48-28-10-6-23-42(48)43-24-7-11-29-49(43)54)47-27-9-8-25-44(47)45-26-14-30-50-51(45)46-32-31-36-17-4-5-22-41(36)52(46)55-50/h1-34H. The van der Waals surface area contributed by atoms with Gasteiger partial charge in [-0.25, -0.2) is 0 Å². The second-order valence-corrected chi connectivity index (χ2v) is 14.1. The van der Waals surface area contributed by atoms with Crippen LogP contribution < -0.4 is 4.90 Å². The molecule has 0 unspecified atom stereocenters. The Morgan fingerprint density at radius 2 is 1.02 bits per heavy atom. The van der Waals surface area contributed by atoms with Crippen molar-refractivity contribution in [2.45, 2.75) is 0 Å². The van der Waals surface area contributed by atoms with Gasteiger partial charge < -0.3 is 13.9 Å². The fourth-order valence-electron chi connectivity index (χ4n) is 8.53. The summed E-state index contributed by atoms with van der Waals surface area (Å²) in [5, 5.41) is 7.02. The third-order valence-electron chi connectivity index (χ3n) is 11.0. The van der Waals surface area contributed by atoms with Gasteiger partial charge in [-0.15, -0.1) is 0 Å². The van der Waals surface area contributed by atoms with Crippen LogP contribution in [0, 0.1) is 0 Å². The van der Waals surface area contributed by atoms with E-state index in [-0.39, 0.29) is 0 Å². The monoisotopic (exact) mass is 702 g/mol. The molecule has 11 aromatic rings. The Hall–Kier alpha value is -7.36. The molecule has 0 aliphatic carbocycles. The lowest BCUT2D eigenvalue weighted by Gasteiger charge is -2.29. The van der Waals surface area contributed by atoms with Gasteiger partial charge in [-0.1, -0.05) is 146 Å². The molecule has 0 bridgehead atoms. The summed E-state index contributed by atoms with van der Waals surface area (Å²) in [6, 6.07) is 73.9. The van der Waals surface area contributed by atoms with Crippen molar-refractivity contribution in [1.29, 1.82) is 0 Å². The van der Waals surface area contributed by atoms with E-state index >= 15 is 0 Å². The largest absolute Gasteiger partial charge is 0.455 e. The molecule has 0 fully saturated rings. The SMILES string of the molecule is c1ccc(-c2cccc(N(c3cccc(-n4c5ccccc5c5ccccc54)c3)c3ccccc3-c3cccc4oc5c6ccccc6ccc5c34)c2)cc1. The molecule has 55 heavy (non-hydrogen) atoms. The number of hydrogen-bond acceptors (Lipinski definition) is 2. The lowest BCUT2D eigenvalue weighted by molar-refractivity contribution is 0.673. The quantitative estimate of drug-likeness (QED) is 0.172. The van der Waals surface area contributed by atoms with Crippen molar-refractivity contribution in [3.05, 3.63) is 206 Å². The normalized spacial score (nSPS) is 11.6. The average molecular weight is 703 g/mol. The number of para-hydroxylation sites is 3. The summed E-state index contributed by atoms with van der Waals surface area (Å²) in [6.07, 6.45) is 0. The van der Waals surface area contributed by atoms with Crippen molar-refractivity contribution in [2.24, 2.45) is 0 Å². The van der Waals surface area contributed by atoms with Crippen LogP contribution in [-0.2, 0) is 0 Å². The molecule has 2 heterocycles. The van der Waals surface area contributed by atoms with Crippen LogP contribution in [0.3, 0.4) is 0 Å². The number of furan rings is 1. The van der Waals surface area contributed by atoms with E-state index in [1.54, 1.807) is 0 Å². The fourth-order valence-corrected chi connectivity index (χ4v) is 8.53. The van der Waals surface area contributed by atoms with Gasteiger partial charge in [0.25, 0.3) is 0 Å². The van der Waals surface area contributed by atoms with Crippen LogP contribution in [0.2, 0.25) is 0 Å². The van der Waals surface area contributed by atoms with E-state index in [2.05, 4.69) is 216 Å². The first kappa shape index (κ1) is 31.2. The number of hydrogen-bond donors (Lipinski definition) is 0. The van der Waals surface area contributed by atoms with Crippen molar-refractivity contribution < 1.29 is 4.42 Å². The highest BCUT2D eigenvalue weighted by Gasteiger charge is 2.22. The van der Waals surface area contributed by atoms with Crippen molar-refractivity contribution >= 4 is 71.6 Å². The first-order valence-corrected chi connectivity index (χ1v) is 18.8. The highest BCUT2D eigenvalue weighted by Crippen LogP contribution is 2.46. The summed E-state index contributed by atoms with van der Waals surface area (Å²) in [6.45, 7) is 0. The summed E-state index contributed by atoms with van der Waals surface area (Å²) in [4.78, 5) is 2.41. The summed E-state index contributed by atoms with van der Waals surface area (Å²) < 4.78 is 9.06. The maximum Gasteiger partial charge on any atom is 0.143 e. The van der Waals surface area contributed by atoms with Crippen LogP contribution in [0.5, 0.6) is 0 Å². The zero-order chi connectivity index (χ0) is 36.3. The highest BCUT2D eigenvalue weighted by molar-refractivity contribution is 6.20. The van der Waals surface area contributed by atoms with Gasteiger partial charge in [-0.3, -0.25) is 0 Å². The Morgan fingerprint density at radius 3 is 1.84 bits per heavy atom. The topological polar surface area (TPSA) is 21.3 Å². The second kappa shape index (κ2) is 12.6. The van der Waals surface area contributed by atoms with Crippen molar-refractivity contribution in [3.63, 3.8) is 0 Å². The molecule has 3 nitrogen and oxygen atoms in total. The van der Waals surface area contributed by atoms with Crippen LogP contribution in [0.4, 0.5) is 17.1 Å². The minimum Gasteiger partial charge on any atom is -0.455 e. The Bertz CT molecular complexity index is 3170. The van der Waals surface area contributed by atoms with Crippen LogP contribution in [0.25, 0.3) is 82.5 Å². The molecule has 2 aromatic heterocycles. The first-order valence-electron chi connectivity index (χ1n) is 18.8. The number of fused-ring (bicyclic) bond motifs is 8. The highest BCUT2D eigenvalue weighted by atomic mass is 16.3. The van der Waals surface area contributed by atoms with Gasteiger partial charge in [0.05, 0.1) is 16.7 Å².